The Labute approximate surface area is 194 Å². The van der Waals surface area contributed by atoms with Gasteiger partial charge in [0.1, 0.15) is 0 Å². The molecule has 0 radical (unpaired) electrons. The van der Waals surface area contributed by atoms with E-state index >= 15 is 0 Å². The van der Waals surface area contributed by atoms with Crippen molar-refractivity contribution in [3.63, 3.8) is 0 Å². The van der Waals surface area contributed by atoms with E-state index in [1.807, 2.05) is 12.1 Å². The summed E-state index contributed by atoms with van der Waals surface area (Å²) >= 11 is 0. The Morgan fingerprint density at radius 1 is 0.939 bits per heavy atom. The molecule has 0 fully saturated rings. The molecule has 3 aromatic carbocycles. The first-order valence-corrected chi connectivity index (χ1v) is 11.7. The Hall–Kier alpha value is -3.60. The minimum atomic E-state index is 0.0518. The molecule has 2 heterocycles. The summed E-state index contributed by atoms with van der Waals surface area (Å²) in [5.41, 5.74) is 8.32. The van der Waals surface area contributed by atoms with E-state index in [4.69, 9.17) is 0 Å². The molecule has 5 rings (SSSR count). The lowest BCUT2D eigenvalue weighted by atomic mass is 10.0. The van der Waals surface area contributed by atoms with E-state index in [-0.39, 0.29) is 11.8 Å². The summed E-state index contributed by atoms with van der Waals surface area (Å²) in [5, 5.41) is 5.89. The van der Waals surface area contributed by atoms with Crippen molar-refractivity contribution in [2.75, 3.05) is 16.8 Å². The number of nitrogens with one attached hydrogen (secondary N) is 2. The lowest BCUT2D eigenvalue weighted by Crippen LogP contribution is -2.22. The van der Waals surface area contributed by atoms with Gasteiger partial charge in [0.25, 0.3) is 0 Å². The van der Waals surface area contributed by atoms with Gasteiger partial charge in [-0.1, -0.05) is 54.6 Å². The maximum Gasteiger partial charge on any atom is 0.228 e. The predicted octanol–water partition coefficient (Wildman–Crippen LogP) is 4.38. The summed E-state index contributed by atoms with van der Waals surface area (Å²) in [4.78, 5) is 26.2. The molecule has 0 unspecified atom stereocenters. The van der Waals surface area contributed by atoms with Gasteiger partial charge >= 0.3 is 0 Å². The summed E-state index contributed by atoms with van der Waals surface area (Å²) < 4.78 is 0. The van der Waals surface area contributed by atoms with Gasteiger partial charge in [0, 0.05) is 37.4 Å². The zero-order chi connectivity index (χ0) is 22.6. The number of benzene rings is 3. The van der Waals surface area contributed by atoms with Gasteiger partial charge in [-0.15, -0.1) is 0 Å². The smallest absolute Gasteiger partial charge is 0.228 e. The first-order valence-electron chi connectivity index (χ1n) is 11.7. The van der Waals surface area contributed by atoms with Gasteiger partial charge in [0.2, 0.25) is 11.8 Å². The van der Waals surface area contributed by atoms with Gasteiger partial charge in [0.05, 0.1) is 6.42 Å². The van der Waals surface area contributed by atoms with Crippen LogP contribution in [-0.4, -0.2) is 18.4 Å². The molecule has 2 aliphatic heterocycles. The highest BCUT2D eigenvalue weighted by molar-refractivity contribution is 5.99. The van der Waals surface area contributed by atoms with Gasteiger partial charge in [-0.3, -0.25) is 9.59 Å². The highest BCUT2D eigenvalue weighted by Crippen LogP contribution is 2.29. The second-order valence-electron chi connectivity index (χ2n) is 8.96. The summed E-state index contributed by atoms with van der Waals surface area (Å²) in [6, 6.07) is 23.2. The number of carbonyl (C=O) groups is 2. The monoisotopic (exact) mass is 439 g/mol. The van der Waals surface area contributed by atoms with Gasteiger partial charge in [-0.2, -0.15) is 0 Å². The number of aryl methyl sites for hydroxylation is 1. The van der Waals surface area contributed by atoms with E-state index in [9.17, 15) is 9.59 Å². The molecule has 0 bridgehead atoms. The average Bonchev–Trinajstić information content (AvgIpc) is 3.41. The van der Waals surface area contributed by atoms with Crippen LogP contribution in [-0.2, 0) is 41.9 Å². The van der Waals surface area contributed by atoms with Crippen molar-refractivity contribution in [1.82, 2.24) is 5.32 Å². The quantitative estimate of drug-likeness (QED) is 0.548. The molecule has 0 saturated carbocycles. The van der Waals surface area contributed by atoms with Crippen LogP contribution in [0.5, 0.6) is 0 Å². The van der Waals surface area contributed by atoms with Gasteiger partial charge in [-0.05, 0) is 59.2 Å². The van der Waals surface area contributed by atoms with Crippen LogP contribution < -0.4 is 15.5 Å². The number of carbonyl (C=O) groups excluding carboxylic acids is 2. The van der Waals surface area contributed by atoms with Gasteiger partial charge in [-0.25, -0.2) is 0 Å². The van der Waals surface area contributed by atoms with E-state index in [2.05, 4.69) is 70.1 Å². The number of nitrogens with zero attached hydrogens (tertiary/aromatic N) is 1. The number of hydrogen-bond acceptors (Lipinski definition) is 3. The number of anilines is 2. The number of para-hydroxylation sites is 1. The van der Waals surface area contributed by atoms with E-state index in [0.717, 1.165) is 49.2 Å². The third-order valence-electron chi connectivity index (χ3n) is 6.53. The predicted molar refractivity (Wildman–Crippen MR) is 131 cm³/mol. The summed E-state index contributed by atoms with van der Waals surface area (Å²) in [6.45, 7) is 2.53. The van der Waals surface area contributed by atoms with E-state index in [0.29, 0.717) is 19.4 Å². The van der Waals surface area contributed by atoms with Crippen LogP contribution in [0.2, 0.25) is 0 Å². The van der Waals surface area contributed by atoms with Gasteiger partial charge in [0.15, 0.2) is 0 Å². The van der Waals surface area contributed by atoms with Crippen LogP contribution in [0, 0.1) is 0 Å². The van der Waals surface area contributed by atoms with Crippen LogP contribution in [0.3, 0.4) is 0 Å². The molecular formula is C28H29N3O2. The maximum atomic E-state index is 12.3. The highest BCUT2D eigenvalue weighted by Gasteiger charge is 2.18. The molecule has 0 atom stereocenters. The second-order valence-corrected chi connectivity index (χ2v) is 8.96. The zero-order valence-electron chi connectivity index (χ0n) is 18.8. The fourth-order valence-corrected chi connectivity index (χ4v) is 4.73. The van der Waals surface area contributed by atoms with Crippen molar-refractivity contribution in [3.8, 4) is 0 Å². The molecule has 0 aromatic heterocycles. The molecule has 5 heteroatoms. The summed E-state index contributed by atoms with van der Waals surface area (Å²) in [6.07, 6.45) is 3.70. The topological polar surface area (TPSA) is 61.4 Å². The number of amides is 2. The number of rotatable bonds is 8. The third-order valence-corrected chi connectivity index (χ3v) is 6.53. The van der Waals surface area contributed by atoms with Crippen molar-refractivity contribution in [3.05, 3.63) is 94.5 Å². The van der Waals surface area contributed by atoms with Crippen molar-refractivity contribution in [2.24, 2.45) is 0 Å². The van der Waals surface area contributed by atoms with Crippen molar-refractivity contribution in [2.45, 2.75) is 45.2 Å². The molecule has 33 heavy (non-hydrogen) atoms. The Bertz CT molecular complexity index is 1170. The fourth-order valence-electron chi connectivity index (χ4n) is 4.73. The maximum absolute atomic E-state index is 12.3. The normalized spacial score (nSPS) is 14.1. The third kappa shape index (κ3) is 5.08. The largest absolute Gasteiger partial charge is 0.367 e. The van der Waals surface area contributed by atoms with E-state index < -0.39 is 0 Å². The molecule has 168 valence electrons. The second kappa shape index (κ2) is 9.49. The molecule has 0 spiro atoms. The van der Waals surface area contributed by atoms with Gasteiger partial charge < -0.3 is 15.5 Å². The number of hydrogen-bond donors (Lipinski definition) is 2. The molecule has 0 saturated heterocycles. The molecule has 3 aromatic rings. The lowest BCUT2D eigenvalue weighted by Gasteiger charge is -2.19. The zero-order valence-corrected chi connectivity index (χ0v) is 18.8. The van der Waals surface area contributed by atoms with Crippen molar-refractivity contribution < 1.29 is 9.59 Å². The SMILES string of the molecule is O=C(CCCc1ccc2c(c1)CC(=O)N2)NCc1ccc(CN2CCc3ccccc32)cc1. The van der Waals surface area contributed by atoms with Crippen molar-refractivity contribution >= 4 is 23.2 Å². The van der Waals surface area contributed by atoms with Crippen LogP contribution in [0.1, 0.15) is 40.7 Å². The lowest BCUT2D eigenvalue weighted by molar-refractivity contribution is -0.121. The Morgan fingerprint density at radius 2 is 1.73 bits per heavy atom. The van der Waals surface area contributed by atoms with Crippen LogP contribution in [0.25, 0.3) is 0 Å². The Morgan fingerprint density at radius 3 is 2.61 bits per heavy atom. The molecule has 0 aliphatic carbocycles. The molecule has 5 nitrogen and oxygen atoms in total. The minimum Gasteiger partial charge on any atom is -0.367 e. The Balaban J connectivity index is 1.05. The first kappa shape index (κ1) is 21.3. The summed E-state index contributed by atoms with van der Waals surface area (Å²) in [7, 11) is 0. The van der Waals surface area contributed by atoms with E-state index in [1.165, 1.54) is 22.4 Å². The highest BCUT2D eigenvalue weighted by atomic mass is 16.2. The standard InChI is InChI=1S/C28H29N3O2/c32-27(7-3-4-20-12-13-25-24(16-20)17-28(33)30-25)29-18-21-8-10-22(11-9-21)19-31-15-14-23-5-1-2-6-26(23)31/h1-2,5-6,8-13,16H,3-4,7,14-15,17-19H2,(H,29,32)(H,30,33). The Kier molecular flexibility index (Phi) is 6.11. The fraction of sp³-hybridized carbons (Fsp3) is 0.286. The molecular weight excluding hydrogens is 410 g/mol. The number of fused-ring (bicyclic) bond motifs is 2. The minimum absolute atomic E-state index is 0.0518. The molecule has 2 aliphatic rings. The van der Waals surface area contributed by atoms with Crippen LogP contribution >= 0.6 is 0 Å². The van der Waals surface area contributed by atoms with E-state index in [1.54, 1.807) is 0 Å². The van der Waals surface area contributed by atoms with Crippen LogP contribution in [0.4, 0.5) is 11.4 Å². The van der Waals surface area contributed by atoms with Crippen molar-refractivity contribution in [1.29, 1.82) is 0 Å². The van der Waals surface area contributed by atoms with Crippen LogP contribution in [0.15, 0.2) is 66.7 Å². The molecule has 2 N–H and O–H groups in total. The average molecular weight is 440 g/mol. The summed E-state index contributed by atoms with van der Waals surface area (Å²) in [5.74, 6) is 0.127. The molecule has 2 amide bonds. The first-order chi connectivity index (χ1) is 16.1.